The Labute approximate surface area is 140 Å². The lowest BCUT2D eigenvalue weighted by Crippen LogP contribution is -2.40. The minimum atomic E-state index is 0.00691. The highest BCUT2D eigenvalue weighted by atomic mass is 32.2. The van der Waals surface area contributed by atoms with Gasteiger partial charge in [-0.2, -0.15) is 11.8 Å². The molecule has 122 valence electrons. The molecular formula is C15H24N4OS2. The Balaban J connectivity index is 1.86. The predicted octanol–water partition coefficient (Wildman–Crippen LogP) is 1.77. The Bertz CT molecular complexity index is 482. The molecule has 1 aromatic rings. The second kappa shape index (κ2) is 9.05. The lowest BCUT2D eigenvalue weighted by molar-refractivity contribution is -0.127. The smallest absolute Gasteiger partial charge is 0.243 e. The van der Waals surface area contributed by atoms with E-state index in [4.69, 9.17) is 0 Å². The first kappa shape index (κ1) is 17.1. The molecule has 1 amide bonds. The number of aliphatic imine (C=N–C) groups is 1. The van der Waals surface area contributed by atoms with Gasteiger partial charge in [0.05, 0.1) is 6.54 Å². The number of nitrogens with zero attached hydrogens (tertiary/aromatic N) is 2. The van der Waals surface area contributed by atoms with Gasteiger partial charge in [0.15, 0.2) is 5.96 Å². The van der Waals surface area contributed by atoms with Gasteiger partial charge in [0.25, 0.3) is 0 Å². The molecular weight excluding hydrogens is 316 g/mol. The van der Waals surface area contributed by atoms with E-state index >= 15 is 0 Å². The second-order valence-corrected chi connectivity index (χ2v) is 7.84. The summed E-state index contributed by atoms with van der Waals surface area (Å²) in [5.74, 6) is 1.98. The maximum atomic E-state index is 11.7. The molecule has 1 aliphatic rings. The van der Waals surface area contributed by atoms with Crippen LogP contribution in [-0.4, -0.2) is 55.0 Å². The first-order valence-corrected chi connectivity index (χ1v) is 9.44. The van der Waals surface area contributed by atoms with Gasteiger partial charge in [-0.3, -0.25) is 4.79 Å². The number of amides is 1. The third kappa shape index (κ3) is 5.88. The number of nitrogens with one attached hydrogen (secondary N) is 2. The predicted molar refractivity (Wildman–Crippen MR) is 95.6 cm³/mol. The summed E-state index contributed by atoms with van der Waals surface area (Å²) in [6.07, 6.45) is 2.55. The monoisotopic (exact) mass is 340 g/mol. The van der Waals surface area contributed by atoms with Crippen LogP contribution in [0.15, 0.2) is 22.5 Å². The molecule has 0 spiro atoms. The number of hydrogen-bond acceptors (Lipinski definition) is 4. The molecule has 2 N–H and O–H groups in total. The minimum Gasteiger partial charge on any atom is -0.355 e. The number of guanidine groups is 1. The molecule has 0 aliphatic carbocycles. The fraction of sp³-hybridized carbons (Fsp3) is 0.600. The van der Waals surface area contributed by atoms with Crippen LogP contribution in [0.25, 0.3) is 0 Å². The molecule has 2 heterocycles. The van der Waals surface area contributed by atoms with Gasteiger partial charge in [0.1, 0.15) is 6.54 Å². The van der Waals surface area contributed by atoms with Gasteiger partial charge in [0.2, 0.25) is 5.91 Å². The highest BCUT2D eigenvalue weighted by molar-refractivity contribution is 8.00. The van der Waals surface area contributed by atoms with Gasteiger partial charge in [0, 0.05) is 30.8 Å². The molecule has 1 atom stereocenters. The Morgan fingerprint density at radius 2 is 2.32 bits per heavy atom. The van der Waals surface area contributed by atoms with Crippen LogP contribution in [0.3, 0.4) is 0 Å². The van der Waals surface area contributed by atoms with E-state index in [9.17, 15) is 4.79 Å². The van der Waals surface area contributed by atoms with Crippen molar-refractivity contribution in [2.24, 2.45) is 4.99 Å². The summed E-state index contributed by atoms with van der Waals surface area (Å²) in [7, 11) is 3.50. The number of carbonyl (C=O) groups is 1. The van der Waals surface area contributed by atoms with Crippen LogP contribution < -0.4 is 10.6 Å². The van der Waals surface area contributed by atoms with E-state index in [-0.39, 0.29) is 12.5 Å². The molecule has 1 saturated heterocycles. The average Bonchev–Trinajstić information content (AvgIpc) is 3.19. The van der Waals surface area contributed by atoms with Crippen molar-refractivity contribution in [3.8, 4) is 0 Å². The third-order valence-corrected chi connectivity index (χ3v) is 5.68. The highest BCUT2D eigenvalue weighted by Gasteiger charge is 2.15. The Kier molecular flexibility index (Phi) is 7.05. The molecule has 2 rings (SSSR count). The number of thiophene rings is 1. The number of thioether (sulfide) groups is 1. The van der Waals surface area contributed by atoms with E-state index in [1.807, 2.05) is 17.8 Å². The van der Waals surface area contributed by atoms with Crippen LogP contribution in [0.1, 0.15) is 17.7 Å². The van der Waals surface area contributed by atoms with Crippen LogP contribution >= 0.6 is 23.1 Å². The maximum Gasteiger partial charge on any atom is 0.243 e. The maximum absolute atomic E-state index is 11.7. The third-order valence-electron chi connectivity index (χ3n) is 3.40. The lowest BCUT2D eigenvalue weighted by atomic mass is 10.2. The lowest BCUT2D eigenvalue weighted by Gasteiger charge is -2.15. The van der Waals surface area contributed by atoms with E-state index in [1.54, 1.807) is 30.3 Å². The molecule has 0 saturated carbocycles. The zero-order valence-electron chi connectivity index (χ0n) is 13.2. The van der Waals surface area contributed by atoms with Gasteiger partial charge in [-0.25, -0.2) is 4.99 Å². The van der Waals surface area contributed by atoms with Crippen molar-refractivity contribution >= 4 is 35.0 Å². The standard InChI is InChI=1S/C15H24N4OS2/c1-19(2)14(20)11-18-15(16-9-12-5-3-7-21-12)17-10-13-6-4-8-22-13/h3,5,7,13H,4,6,8-11H2,1-2H3,(H2,16,17,18). The highest BCUT2D eigenvalue weighted by Crippen LogP contribution is 2.25. The molecule has 0 radical (unpaired) electrons. The molecule has 0 aromatic carbocycles. The number of likely N-dealkylation sites (N-methyl/N-ethyl adjacent to an activating group) is 1. The molecule has 1 aliphatic heterocycles. The molecule has 0 bridgehead atoms. The topological polar surface area (TPSA) is 56.7 Å². The summed E-state index contributed by atoms with van der Waals surface area (Å²) in [5, 5.41) is 9.39. The van der Waals surface area contributed by atoms with Crippen LogP contribution in [-0.2, 0) is 11.3 Å². The number of hydrogen-bond donors (Lipinski definition) is 2. The van der Waals surface area contributed by atoms with Gasteiger partial charge in [-0.1, -0.05) is 6.07 Å². The van der Waals surface area contributed by atoms with Crippen LogP contribution in [0.5, 0.6) is 0 Å². The zero-order valence-corrected chi connectivity index (χ0v) is 14.8. The summed E-state index contributed by atoms with van der Waals surface area (Å²) in [6, 6.07) is 4.13. The van der Waals surface area contributed by atoms with E-state index < -0.39 is 0 Å². The average molecular weight is 341 g/mol. The van der Waals surface area contributed by atoms with E-state index in [1.165, 1.54) is 23.5 Å². The van der Waals surface area contributed by atoms with Gasteiger partial charge in [-0.15, -0.1) is 11.3 Å². The fourth-order valence-corrected chi connectivity index (χ4v) is 3.91. The van der Waals surface area contributed by atoms with E-state index in [0.717, 1.165) is 19.0 Å². The van der Waals surface area contributed by atoms with Gasteiger partial charge >= 0.3 is 0 Å². The van der Waals surface area contributed by atoms with E-state index in [0.29, 0.717) is 5.25 Å². The molecule has 7 heteroatoms. The van der Waals surface area contributed by atoms with Crippen molar-refractivity contribution in [3.05, 3.63) is 22.4 Å². The summed E-state index contributed by atoms with van der Waals surface area (Å²) >= 11 is 3.72. The fourth-order valence-electron chi connectivity index (χ4n) is 2.06. The van der Waals surface area contributed by atoms with Crippen LogP contribution in [0, 0.1) is 0 Å². The molecule has 1 aromatic heterocycles. The summed E-state index contributed by atoms with van der Waals surface area (Å²) in [4.78, 5) is 18.9. The zero-order chi connectivity index (χ0) is 15.8. The summed E-state index contributed by atoms with van der Waals surface area (Å²) < 4.78 is 0. The second-order valence-electron chi connectivity index (χ2n) is 5.40. The summed E-state index contributed by atoms with van der Waals surface area (Å²) in [6.45, 7) is 1.80. The van der Waals surface area contributed by atoms with Crippen molar-refractivity contribution in [2.75, 3.05) is 32.9 Å². The van der Waals surface area contributed by atoms with Gasteiger partial charge in [-0.05, 0) is 30.0 Å². The molecule has 22 heavy (non-hydrogen) atoms. The number of carbonyl (C=O) groups excluding carboxylic acids is 1. The van der Waals surface area contributed by atoms with E-state index in [2.05, 4.69) is 27.1 Å². The van der Waals surface area contributed by atoms with Gasteiger partial charge < -0.3 is 15.5 Å². The van der Waals surface area contributed by atoms with Crippen molar-refractivity contribution in [2.45, 2.75) is 24.6 Å². The Morgan fingerprint density at radius 1 is 1.45 bits per heavy atom. The van der Waals surface area contributed by atoms with Crippen LogP contribution in [0.2, 0.25) is 0 Å². The molecule has 5 nitrogen and oxygen atoms in total. The largest absolute Gasteiger partial charge is 0.355 e. The quantitative estimate of drug-likeness (QED) is 0.612. The summed E-state index contributed by atoms with van der Waals surface area (Å²) in [5.41, 5.74) is 0. The Hall–Kier alpha value is -1.21. The SMILES string of the molecule is CN(C)C(=O)CN=C(NCc1cccs1)NCC1CCCS1. The van der Waals surface area contributed by atoms with Crippen molar-refractivity contribution in [1.29, 1.82) is 0 Å². The minimum absolute atomic E-state index is 0.00691. The van der Waals surface area contributed by atoms with Crippen molar-refractivity contribution in [1.82, 2.24) is 15.5 Å². The molecule has 1 unspecified atom stereocenters. The first-order valence-electron chi connectivity index (χ1n) is 7.51. The Morgan fingerprint density at radius 3 is 2.95 bits per heavy atom. The van der Waals surface area contributed by atoms with Crippen molar-refractivity contribution < 1.29 is 4.79 Å². The van der Waals surface area contributed by atoms with Crippen LogP contribution in [0.4, 0.5) is 0 Å². The number of rotatable bonds is 6. The van der Waals surface area contributed by atoms with Crippen molar-refractivity contribution in [3.63, 3.8) is 0 Å². The molecule has 1 fully saturated rings. The first-order chi connectivity index (χ1) is 10.6. The normalized spacial score (nSPS) is 18.3.